The molecule has 1 amide bonds. The van der Waals surface area contributed by atoms with Crippen LogP contribution in [0.15, 0.2) is 48.5 Å². The fourth-order valence-corrected chi connectivity index (χ4v) is 1.66. The van der Waals surface area contributed by atoms with Crippen LogP contribution in [0.2, 0.25) is 0 Å². The molecule has 2 rings (SSSR count). The van der Waals surface area contributed by atoms with Crippen molar-refractivity contribution in [2.45, 2.75) is 0 Å². The molecule has 0 aromatic heterocycles. The lowest BCUT2D eigenvalue weighted by molar-refractivity contribution is 0.102. The summed E-state index contributed by atoms with van der Waals surface area (Å²) in [5.74, 6) is 4.81. The van der Waals surface area contributed by atoms with Crippen LogP contribution < -0.4 is 11.1 Å². The minimum atomic E-state index is -0.444. The van der Waals surface area contributed by atoms with Gasteiger partial charge in [-0.25, -0.2) is 4.39 Å². The maximum atomic E-state index is 13.1. The third-order valence-corrected chi connectivity index (χ3v) is 2.54. The van der Waals surface area contributed by atoms with Gasteiger partial charge in [-0.2, -0.15) is 0 Å². The van der Waals surface area contributed by atoms with Gasteiger partial charge in [-0.3, -0.25) is 4.79 Å². The van der Waals surface area contributed by atoms with E-state index in [0.29, 0.717) is 5.69 Å². The van der Waals surface area contributed by atoms with Gasteiger partial charge in [-0.1, -0.05) is 24.0 Å². The number of rotatable bonds is 2. The van der Waals surface area contributed by atoms with E-state index in [2.05, 4.69) is 17.2 Å². The number of halogens is 1. The van der Waals surface area contributed by atoms with Crippen molar-refractivity contribution in [3.05, 3.63) is 65.5 Å². The van der Waals surface area contributed by atoms with Gasteiger partial charge in [0.15, 0.2) is 0 Å². The molecule has 2 aromatic rings. The quantitative estimate of drug-likeness (QED) is 0.822. The van der Waals surface area contributed by atoms with Crippen molar-refractivity contribution < 1.29 is 9.18 Å². The minimum absolute atomic E-state index is 0.267. The van der Waals surface area contributed by atoms with E-state index in [1.165, 1.54) is 18.2 Å². The van der Waals surface area contributed by atoms with E-state index in [1.807, 2.05) is 6.07 Å². The Bertz CT molecular complexity index is 686. The number of hydrogen-bond donors (Lipinski definition) is 2. The molecule has 3 nitrogen and oxygen atoms in total. The molecule has 0 aliphatic heterocycles. The minimum Gasteiger partial charge on any atom is -0.322 e. The molecule has 3 N–H and O–H groups in total. The number of anilines is 1. The van der Waals surface area contributed by atoms with Gasteiger partial charge in [0.05, 0.1) is 6.54 Å². The second kappa shape index (κ2) is 6.50. The van der Waals surface area contributed by atoms with Crippen molar-refractivity contribution in [3.63, 3.8) is 0 Å². The molecule has 100 valence electrons. The molecule has 0 bridgehead atoms. The first kappa shape index (κ1) is 13.8. The lowest BCUT2D eigenvalue weighted by Gasteiger charge is -2.05. The van der Waals surface area contributed by atoms with Gasteiger partial charge >= 0.3 is 0 Å². The highest BCUT2D eigenvalue weighted by Gasteiger charge is 2.06. The van der Waals surface area contributed by atoms with E-state index in [-0.39, 0.29) is 18.0 Å². The fraction of sp³-hybridized carbons (Fsp3) is 0.0625. The molecule has 0 radical (unpaired) electrons. The van der Waals surface area contributed by atoms with E-state index in [4.69, 9.17) is 5.73 Å². The molecule has 0 spiro atoms. The summed E-state index contributed by atoms with van der Waals surface area (Å²) in [4.78, 5) is 12.0. The fourth-order valence-electron chi connectivity index (χ4n) is 1.66. The Morgan fingerprint density at radius 1 is 1.20 bits per heavy atom. The third kappa shape index (κ3) is 3.67. The molecule has 0 saturated carbocycles. The van der Waals surface area contributed by atoms with Crippen LogP contribution in [0.3, 0.4) is 0 Å². The lowest BCUT2D eigenvalue weighted by atomic mass is 10.1. The zero-order valence-corrected chi connectivity index (χ0v) is 10.7. The highest BCUT2D eigenvalue weighted by atomic mass is 19.1. The van der Waals surface area contributed by atoms with E-state index in [9.17, 15) is 9.18 Å². The van der Waals surface area contributed by atoms with Crippen LogP contribution in [0.1, 0.15) is 15.9 Å². The summed E-state index contributed by atoms with van der Waals surface area (Å²) in [6.07, 6.45) is 0. The third-order valence-electron chi connectivity index (χ3n) is 2.54. The van der Waals surface area contributed by atoms with Crippen molar-refractivity contribution >= 4 is 11.6 Å². The summed E-state index contributed by atoms with van der Waals surface area (Å²) < 4.78 is 13.1. The monoisotopic (exact) mass is 268 g/mol. The molecule has 0 aliphatic carbocycles. The number of carbonyl (C=O) groups excluding carboxylic acids is 1. The number of nitrogens with two attached hydrogens (primary N) is 1. The largest absolute Gasteiger partial charge is 0.322 e. The molecule has 20 heavy (non-hydrogen) atoms. The summed E-state index contributed by atoms with van der Waals surface area (Å²) in [5.41, 5.74) is 6.93. The number of carbonyl (C=O) groups is 1. The Labute approximate surface area is 116 Å². The van der Waals surface area contributed by atoms with Crippen LogP contribution in [0.4, 0.5) is 10.1 Å². The number of nitrogens with one attached hydrogen (secondary N) is 1. The van der Waals surface area contributed by atoms with Crippen LogP contribution in [0, 0.1) is 17.7 Å². The Morgan fingerprint density at radius 3 is 2.75 bits per heavy atom. The molecular formula is C16H13FN2O. The van der Waals surface area contributed by atoms with Crippen LogP contribution in [0.5, 0.6) is 0 Å². The second-order valence-corrected chi connectivity index (χ2v) is 4.05. The Balaban J connectivity index is 2.15. The molecule has 0 saturated heterocycles. The average Bonchev–Trinajstić information content (AvgIpc) is 2.45. The van der Waals surface area contributed by atoms with Crippen molar-refractivity contribution in [1.82, 2.24) is 0 Å². The zero-order chi connectivity index (χ0) is 14.4. The van der Waals surface area contributed by atoms with Crippen LogP contribution in [0.25, 0.3) is 0 Å². The Hall–Kier alpha value is -2.64. The summed E-state index contributed by atoms with van der Waals surface area (Å²) in [5, 5.41) is 2.70. The van der Waals surface area contributed by atoms with Gasteiger partial charge in [0, 0.05) is 16.8 Å². The molecule has 0 unspecified atom stereocenters. The molecule has 0 atom stereocenters. The number of hydrogen-bond acceptors (Lipinski definition) is 2. The van der Waals surface area contributed by atoms with Gasteiger partial charge in [0.2, 0.25) is 0 Å². The Morgan fingerprint density at radius 2 is 2.00 bits per heavy atom. The van der Waals surface area contributed by atoms with Crippen LogP contribution >= 0.6 is 0 Å². The highest BCUT2D eigenvalue weighted by Crippen LogP contribution is 2.12. The zero-order valence-electron chi connectivity index (χ0n) is 10.7. The van der Waals surface area contributed by atoms with Crippen LogP contribution in [-0.4, -0.2) is 12.5 Å². The molecule has 0 aliphatic rings. The van der Waals surface area contributed by atoms with Gasteiger partial charge in [-0.15, -0.1) is 0 Å². The van der Waals surface area contributed by atoms with E-state index in [1.54, 1.807) is 24.3 Å². The van der Waals surface area contributed by atoms with Gasteiger partial charge in [0.25, 0.3) is 5.91 Å². The maximum Gasteiger partial charge on any atom is 0.255 e. The summed E-state index contributed by atoms with van der Waals surface area (Å²) in [6, 6.07) is 12.6. The molecule has 4 heteroatoms. The van der Waals surface area contributed by atoms with Crippen molar-refractivity contribution in [2.24, 2.45) is 5.73 Å². The second-order valence-electron chi connectivity index (χ2n) is 4.05. The average molecular weight is 268 g/mol. The molecule has 0 fully saturated rings. The smallest absolute Gasteiger partial charge is 0.255 e. The predicted octanol–water partition coefficient (Wildman–Crippen LogP) is 2.39. The maximum absolute atomic E-state index is 13.1. The first-order valence-corrected chi connectivity index (χ1v) is 6.05. The van der Waals surface area contributed by atoms with Crippen LogP contribution in [-0.2, 0) is 0 Å². The van der Waals surface area contributed by atoms with E-state index < -0.39 is 5.82 Å². The van der Waals surface area contributed by atoms with E-state index in [0.717, 1.165) is 5.56 Å². The predicted molar refractivity (Wildman–Crippen MR) is 76.7 cm³/mol. The van der Waals surface area contributed by atoms with Crippen molar-refractivity contribution in [2.75, 3.05) is 11.9 Å². The number of benzene rings is 2. The van der Waals surface area contributed by atoms with Crippen molar-refractivity contribution in [3.8, 4) is 11.8 Å². The summed E-state index contributed by atoms with van der Waals surface area (Å²) in [7, 11) is 0. The first-order valence-electron chi connectivity index (χ1n) is 6.05. The lowest BCUT2D eigenvalue weighted by Crippen LogP contribution is -2.12. The number of amides is 1. The van der Waals surface area contributed by atoms with E-state index >= 15 is 0 Å². The molecule has 0 heterocycles. The SMILES string of the molecule is NCC#Cc1cccc(NC(=O)c2cccc(F)c2)c1. The normalized spacial score (nSPS) is 9.50. The van der Waals surface area contributed by atoms with Crippen molar-refractivity contribution in [1.29, 1.82) is 0 Å². The first-order chi connectivity index (χ1) is 9.69. The van der Waals surface area contributed by atoms with Gasteiger partial charge in [-0.05, 0) is 36.4 Å². The molecular weight excluding hydrogens is 255 g/mol. The van der Waals surface area contributed by atoms with Gasteiger partial charge in [0.1, 0.15) is 5.82 Å². The Kier molecular flexibility index (Phi) is 4.48. The topological polar surface area (TPSA) is 55.1 Å². The highest BCUT2D eigenvalue weighted by molar-refractivity contribution is 6.04. The van der Waals surface area contributed by atoms with Gasteiger partial charge < -0.3 is 11.1 Å². The standard InChI is InChI=1S/C16H13FN2O/c17-14-7-2-6-13(11-14)16(20)19-15-8-1-4-12(10-15)5-3-9-18/h1-2,4,6-8,10-11H,9,18H2,(H,19,20). The summed E-state index contributed by atoms with van der Waals surface area (Å²) >= 11 is 0. The molecule has 2 aromatic carbocycles. The summed E-state index contributed by atoms with van der Waals surface area (Å²) in [6.45, 7) is 0.278.